The summed E-state index contributed by atoms with van der Waals surface area (Å²) in [6.45, 7) is 2.32. The van der Waals surface area contributed by atoms with Gasteiger partial charge in [-0.05, 0) is 12.1 Å². The first-order valence-corrected chi connectivity index (χ1v) is 5.91. The van der Waals surface area contributed by atoms with E-state index in [0.29, 0.717) is 13.0 Å². The fourth-order valence-electron chi connectivity index (χ4n) is 1.88. The molecule has 1 saturated heterocycles. The molecule has 1 atom stereocenters. The third-order valence-electron chi connectivity index (χ3n) is 2.92. The van der Waals surface area contributed by atoms with Crippen molar-refractivity contribution in [2.45, 2.75) is 12.5 Å². The smallest absolute Gasteiger partial charge is 0.229 e. The molecular formula is C13H18N2O2. The van der Waals surface area contributed by atoms with Gasteiger partial charge in [-0.2, -0.15) is 0 Å². The summed E-state index contributed by atoms with van der Waals surface area (Å²) >= 11 is 0. The first kappa shape index (κ1) is 12.1. The summed E-state index contributed by atoms with van der Waals surface area (Å²) in [5.74, 6) is 0.0879. The second kappa shape index (κ2) is 5.80. The standard InChI is InChI=1S/C13H18N2O2/c1-15(11-5-3-2-4-6-11)13(16)9-12-10-14-7-8-17-12/h2-6,12,14H,7-10H2,1H3. The highest BCUT2D eigenvalue weighted by Crippen LogP contribution is 2.13. The van der Waals surface area contributed by atoms with Crippen molar-refractivity contribution in [2.75, 3.05) is 31.6 Å². The number of benzene rings is 1. The van der Waals surface area contributed by atoms with E-state index in [1.165, 1.54) is 0 Å². The van der Waals surface area contributed by atoms with Gasteiger partial charge in [-0.15, -0.1) is 0 Å². The molecule has 0 radical (unpaired) electrons. The van der Waals surface area contributed by atoms with E-state index in [1.807, 2.05) is 30.3 Å². The first-order chi connectivity index (χ1) is 8.27. The highest BCUT2D eigenvalue weighted by Gasteiger charge is 2.20. The Bertz CT molecular complexity index is 361. The number of rotatable bonds is 3. The van der Waals surface area contributed by atoms with Crippen LogP contribution in [0.25, 0.3) is 0 Å². The van der Waals surface area contributed by atoms with Crippen molar-refractivity contribution >= 4 is 11.6 Å². The molecule has 1 N–H and O–H groups in total. The van der Waals surface area contributed by atoms with Crippen molar-refractivity contribution in [3.8, 4) is 0 Å². The lowest BCUT2D eigenvalue weighted by atomic mass is 10.2. The molecule has 0 bridgehead atoms. The van der Waals surface area contributed by atoms with Crippen LogP contribution in [0.3, 0.4) is 0 Å². The van der Waals surface area contributed by atoms with E-state index in [4.69, 9.17) is 4.74 Å². The van der Waals surface area contributed by atoms with Crippen LogP contribution in [0.5, 0.6) is 0 Å². The summed E-state index contributed by atoms with van der Waals surface area (Å²) in [6.07, 6.45) is 0.431. The van der Waals surface area contributed by atoms with Crippen LogP contribution in [0.4, 0.5) is 5.69 Å². The molecule has 1 aliphatic heterocycles. The lowest BCUT2D eigenvalue weighted by Gasteiger charge is -2.25. The number of hydrogen-bond donors (Lipinski definition) is 1. The maximum Gasteiger partial charge on any atom is 0.229 e. The molecule has 1 fully saturated rings. The molecule has 1 aliphatic rings. The molecule has 2 rings (SSSR count). The Morgan fingerprint density at radius 1 is 1.47 bits per heavy atom. The van der Waals surface area contributed by atoms with Crippen LogP contribution in [0.15, 0.2) is 30.3 Å². The van der Waals surface area contributed by atoms with Gasteiger partial charge in [0.1, 0.15) is 0 Å². The zero-order chi connectivity index (χ0) is 12.1. The van der Waals surface area contributed by atoms with Gasteiger partial charge < -0.3 is 15.0 Å². The zero-order valence-corrected chi connectivity index (χ0v) is 10.1. The van der Waals surface area contributed by atoms with Crippen LogP contribution in [-0.2, 0) is 9.53 Å². The topological polar surface area (TPSA) is 41.6 Å². The number of anilines is 1. The number of carbonyl (C=O) groups excluding carboxylic acids is 1. The predicted molar refractivity (Wildman–Crippen MR) is 67.1 cm³/mol. The summed E-state index contributed by atoms with van der Waals surface area (Å²) in [6, 6.07) is 9.65. The fraction of sp³-hybridized carbons (Fsp3) is 0.462. The molecular weight excluding hydrogens is 216 g/mol. The average Bonchev–Trinajstić information content (AvgIpc) is 2.40. The Balaban J connectivity index is 1.91. The van der Waals surface area contributed by atoms with Gasteiger partial charge in [-0.25, -0.2) is 0 Å². The Morgan fingerprint density at radius 2 is 2.24 bits per heavy atom. The van der Waals surface area contributed by atoms with Gasteiger partial charge in [0, 0.05) is 25.8 Å². The number of morpholine rings is 1. The van der Waals surface area contributed by atoms with E-state index in [1.54, 1.807) is 11.9 Å². The third kappa shape index (κ3) is 3.28. The molecule has 0 spiro atoms. The quantitative estimate of drug-likeness (QED) is 0.849. The van der Waals surface area contributed by atoms with E-state index in [-0.39, 0.29) is 12.0 Å². The van der Waals surface area contributed by atoms with Gasteiger partial charge in [0.25, 0.3) is 0 Å². The Labute approximate surface area is 102 Å². The van der Waals surface area contributed by atoms with Crippen molar-refractivity contribution in [3.05, 3.63) is 30.3 Å². The lowest BCUT2D eigenvalue weighted by molar-refractivity contribution is -0.121. The van der Waals surface area contributed by atoms with Crippen LogP contribution in [0.1, 0.15) is 6.42 Å². The van der Waals surface area contributed by atoms with Gasteiger partial charge >= 0.3 is 0 Å². The summed E-state index contributed by atoms with van der Waals surface area (Å²) < 4.78 is 5.52. The van der Waals surface area contributed by atoms with Crippen LogP contribution in [0, 0.1) is 0 Å². The molecule has 0 aromatic heterocycles. The van der Waals surface area contributed by atoms with Gasteiger partial charge in [-0.3, -0.25) is 4.79 Å². The summed E-state index contributed by atoms with van der Waals surface area (Å²) in [5.41, 5.74) is 0.918. The average molecular weight is 234 g/mol. The molecule has 1 aromatic carbocycles. The number of nitrogens with one attached hydrogen (secondary N) is 1. The van der Waals surface area contributed by atoms with Crippen molar-refractivity contribution in [1.29, 1.82) is 0 Å². The number of hydrogen-bond acceptors (Lipinski definition) is 3. The van der Waals surface area contributed by atoms with Crippen LogP contribution >= 0.6 is 0 Å². The van der Waals surface area contributed by atoms with E-state index in [2.05, 4.69) is 5.32 Å². The molecule has 92 valence electrons. The maximum absolute atomic E-state index is 12.0. The summed E-state index contributed by atoms with van der Waals surface area (Å²) in [5, 5.41) is 3.22. The van der Waals surface area contributed by atoms with Gasteiger partial charge in [0.05, 0.1) is 19.1 Å². The van der Waals surface area contributed by atoms with Crippen molar-refractivity contribution < 1.29 is 9.53 Å². The second-order valence-electron chi connectivity index (χ2n) is 4.19. The van der Waals surface area contributed by atoms with Crippen molar-refractivity contribution in [3.63, 3.8) is 0 Å². The predicted octanol–water partition coefficient (Wildman–Crippen LogP) is 1.03. The SMILES string of the molecule is CN(C(=O)CC1CNCCO1)c1ccccc1. The molecule has 1 heterocycles. The van der Waals surface area contributed by atoms with E-state index < -0.39 is 0 Å². The molecule has 1 aromatic rings. The van der Waals surface area contributed by atoms with Crippen LogP contribution in [0.2, 0.25) is 0 Å². The molecule has 4 heteroatoms. The normalized spacial score (nSPS) is 19.9. The number of para-hydroxylation sites is 1. The van der Waals surface area contributed by atoms with E-state index in [9.17, 15) is 4.79 Å². The zero-order valence-electron chi connectivity index (χ0n) is 10.1. The van der Waals surface area contributed by atoms with E-state index >= 15 is 0 Å². The first-order valence-electron chi connectivity index (χ1n) is 5.91. The minimum absolute atomic E-state index is 0.00223. The largest absolute Gasteiger partial charge is 0.375 e. The Morgan fingerprint density at radius 3 is 2.88 bits per heavy atom. The Kier molecular flexibility index (Phi) is 4.12. The van der Waals surface area contributed by atoms with Gasteiger partial charge in [0.15, 0.2) is 0 Å². The van der Waals surface area contributed by atoms with Gasteiger partial charge in [-0.1, -0.05) is 18.2 Å². The minimum atomic E-state index is 0.00223. The van der Waals surface area contributed by atoms with Crippen molar-refractivity contribution in [2.24, 2.45) is 0 Å². The number of amides is 1. The monoisotopic (exact) mass is 234 g/mol. The Hall–Kier alpha value is -1.39. The molecule has 1 unspecified atom stereocenters. The number of carbonyl (C=O) groups is 1. The summed E-state index contributed by atoms with van der Waals surface area (Å²) in [7, 11) is 1.80. The number of nitrogens with zero attached hydrogens (tertiary/aromatic N) is 1. The third-order valence-corrected chi connectivity index (χ3v) is 2.92. The fourth-order valence-corrected chi connectivity index (χ4v) is 1.88. The molecule has 4 nitrogen and oxygen atoms in total. The molecule has 0 aliphatic carbocycles. The second-order valence-corrected chi connectivity index (χ2v) is 4.19. The maximum atomic E-state index is 12.0. The van der Waals surface area contributed by atoms with Gasteiger partial charge in [0.2, 0.25) is 5.91 Å². The molecule has 17 heavy (non-hydrogen) atoms. The highest BCUT2D eigenvalue weighted by atomic mass is 16.5. The number of ether oxygens (including phenoxy) is 1. The minimum Gasteiger partial charge on any atom is -0.375 e. The van der Waals surface area contributed by atoms with Crippen molar-refractivity contribution in [1.82, 2.24) is 5.32 Å². The lowest BCUT2D eigenvalue weighted by Crippen LogP contribution is -2.41. The molecule has 1 amide bonds. The van der Waals surface area contributed by atoms with E-state index in [0.717, 1.165) is 18.8 Å². The van der Waals surface area contributed by atoms with Crippen LogP contribution in [-0.4, -0.2) is 38.8 Å². The van der Waals surface area contributed by atoms with Crippen LogP contribution < -0.4 is 10.2 Å². The highest BCUT2D eigenvalue weighted by molar-refractivity contribution is 5.93. The summed E-state index contributed by atoms with van der Waals surface area (Å²) in [4.78, 5) is 13.7. The molecule has 0 saturated carbocycles.